The average Bonchev–Trinajstić information content (AvgIpc) is 2.87. The lowest BCUT2D eigenvalue weighted by molar-refractivity contribution is 0.779. The molecule has 0 fully saturated rings. The van der Waals surface area contributed by atoms with Gasteiger partial charge in [0.2, 0.25) is 0 Å². The zero-order chi connectivity index (χ0) is 11.1. The zero-order valence-corrected chi connectivity index (χ0v) is 8.94. The Hall–Kier alpha value is -2.23. The molecule has 80 valence electrons. The first-order valence-electron chi connectivity index (χ1n) is 5.11. The third kappa shape index (κ3) is 1.13. The molecule has 3 rings (SSSR count). The molecule has 0 aliphatic heterocycles. The number of nitrogens with zero attached hydrogens (tertiary/aromatic N) is 2. The van der Waals surface area contributed by atoms with Gasteiger partial charge in [-0.3, -0.25) is 4.68 Å². The summed E-state index contributed by atoms with van der Waals surface area (Å²) in [5.74, 6) is 0.683. The number of benzene rings is 1. The van der Waals surface area contributed by atoms with Gasteiger partial charge in [-0.2, -0.15) is 5.10 Å². The van der Waals surface area contributed by atoms with Gasteiger partial charge in [-0.15, -0.1) is 0 Å². The summed E-state index contributed by atoms with van der Waals surface area (Å²) in [6.45, 7) is 0. The molecule has 4 heteroatoms. The van der Waals surface area contributed by atoms with E-state index in [1.54, 1.807) is 10.9 Å². The third-order valence-electron chi connectivity index (χ3n) is 2.86. The SMILES string of the molecule is Cn1ncc(-c2cccc3cc[nH]c23)c1N. The molecule has 0 unspecified atom stereocenters. The van der Waals surface area contributed by atoms with E-state index in [2.05, 4.69) is 16.1 Å². The van der Waals surface area contributed by atoms with Gasteiger partial charge < -0.3 is 10.7 Å². The fourth-order valence-electron chi connectivity index (χ4n) is 1.96. The highest BCUT2D eigenvalue weighted by Gasteiger charge is 2.10. The number of nitrogens with one attached hydrogen (secondary N) is 1. The Kier molecular flexibility index (Phi) is 1.77. The molecular formula is C12H12N4. The van der Waals surface area contributed by atoms with Crippen LogP contribution >= 0.6 is 0 Å². The van der Waals surface area contributed by atoms with Crippen molar-refractivity contribution in [3.8, 4) is 11.1 Å². The number of nitrogen functional groups attached to an aromatic ring is 1. The molecule has 0 amide bonds. The molecule has 0 aliphatic carbocycles. The van der Waals surface area contributed by atoms with Gasteiger partial charge in [-0.1, -0.05) is 18.2 Å². The van der Waals surface area contributed by atoms with E-state index >= 15 is 0 Å². The Morgan fingerprint density at radius 3 is 2.88 bits per heavy atom. The molecule has 16 heavy (non-hydrogen) atoms. The Bertz CT molecular complexity index is 648. The second-order valence-electron chi connectivity index (χ2n) is 3.81. The molecule has 0 bridgehead atoms. The number of aromatic nitrogens is 3. The largest absolute Gasteiger partial charge is 0.383 e. The van der Waals surface area contributed by atoms with Crippen LogP contribution in [0.2, 0.25) is 0 Å². The van der Waals surface area contributed by atoms with E-state index in [0.29, 0.717) is 5.82 Å². The number of hydrogen-bond acceptors (Lipinski definition) is 2. The maximum Gasteiger partial charge on any atom is 0.129 e. The van der Waals surface area contributed by atoms with Crippen LogP contribution < -0.4 is 5.73 Å². The number of anilines is 1. The van der Waals surface area contributed by atoms with Crippen LogP contribution in [0, 0.1) is 0 Å². The predicted molar refractivity (Wildman–Crippen MR) is 64.9 cm³/mol. The topological polar surface area (TPSA) is 59.6 Å². The number of aromatic amines is 1. The molecule has 2 aromatic heterocycles. The summed E-state index contributed by atoms with van der Waals surface area (Å²) in [6.07, 6.45) is 3.73. The summed E-state index contributed by atoms with van der Waals surface area (Å²) in [4.78, 5) is 3.23. The lowest BCUT2D eigenvalue weighted by Gasteiger charge is -2.02. The molecule has 0 spiro atoms. The monoisotopic (exact) mass is 212 g/mol. The lowest BCUT2D eigenvalue weighted by Crippen LogP contribution is -1.98. The maximum absolute atomic E-state index is 5.98. The van der Waals surface area contributed by atoms with Crippen LogP contribution in [0.4, 0.5) is 5.82 Å². The van der Waals surface area contributed by atoms with Crippen LogP contribution in [-0.4, -0.2) is 14.8 Å². The van der Waals surface area contributed by atoms with Crippen LogP contribution in [0.1, 0.15) is 0 Å². The van der Waals surface area contributed by atoms with Crippen molar-refractivity contribution in [1.29, 1.82) is 0 Å². The first-order valence-corrected chi connectivity index (χ1v) is 5.11. The Morgan fingerprint density at radius 1 is 1.25 bits per heavy atom. The number of rotatable bonds is 1. The first kappa shape index (κ1) is 9.03. The fraction of sp³-hybridized carbons (Fsp3) is 0.0833. The highest BCUT2D eigenvalue weighted by Crippen LogP contribution is 2.30. The van der Waals surface area contributed by atoms with Crippen LogP contribution in [-0.2, 0) is 7.05 Å². The minimum atomic E-state index is 0.683. The highest BCUT2D eigenvalue weighted by molar-refractivity contribution is 5.96. The standard InChI is InChI=1S/C12H12N4/c1-16-12(13)10(7-15-16)9-4-2-3-8-5-6-14-11(8)9/h2-7,14H,13H2,1H3. The summed E-state index contributed by atoms with van der Waals surface area (Å²) >= 11 is 0. The predicted octanol–water partition coefficient (Wildman–Crippen LogP) is 2.15. The number of hydrogen-bond donors (Lipinski definition) is 2. The van der Waals surface area contributed by atoms with Crippen molar-refractivity contribution < 1.29 is 0 Å². The molecular weight excluding hydrogens is 200 g/mol. The van der Waals surface area contributed by atoms with Crippen LogP contribution in [0.3, 0.4) is 0 Å². The Balaban J connectivity index is 2.33. The third-order valence-corrected chi connectivity index (χ3v) is 2.86. The molecule has 0 saturated heterocycles. The summed E-state index contributed by atoms with van der Waals surface area (Å²) in [5, 5.41) is 5.34. The van der Waals surface area contributed by atoms with Gasteiger partial charge in [0.15, 0.2) is 0 Å². The Labute approximate surface area is 92.7 Å². The van der Waals surface area contributed by atoms with Crippen molar-refractivity contribution in [2.24, 2.45) is 7.05 Å². The van der Waals surface area contributed by atoms with Gasteiger partial charge >= 0.3 is 0 Å². The van der Waals surface area contributed by atoms with E-state index in [9.17, 15) is 0 Å². The quantitative estimate of drug-likeness (QED) is 0.649. The van der Waals surface area contributed by atoms with Crippen molar-refractivity contribution in [2.45, 2.75) is 0 Å². The molecule has 0 aliphatic rings. The second-order valence-corrected chi connectivity index (χ2v) is 3.81. The molecule has 0 saturated carbocycles. The smallest absolute Gasteiger partial charge is 0.129 e. The van der Waals surface area contributed by atoms with E-state index in [4.69, 9.17) is 5.73 Å². The molecule has 1 aromatic carbocycles. The molecule has 3 N–H and O–H groups in total. The second kappa shape index (κ2) is 3.13. The number of aryl methyl sites for hydroxylation is 1. The molecule has 2 heterocycles. The maximum atomic E-state index is 5.98. The van der Waals surface area contributed by atoms with Crippen molar-refractivity contribution in [1.82, 2.24) is 14.8 Å². The molecule has 0 radical (unpaired) electrons. The van der Waals surface area contributed by atoms with E-state index in [1.165, 1.54) is 5.39 Å². The minimum absolute atomic E-state index is 0.683. The van der Waals surface area contributed by atoms with E-state index in [-0.39, 0.29) is 0 Å². The van der Waals surface area contributed by atoms with Crippen molar-refractivity contribution >= 4 is 16.7 Å². The zero-order valence-electron chi connectivity index (χ0n) is 8.94. The average molecular weight is 212 g/mol. The van der Waals surface area contributed by atoms with Gasteiger partial charge in [-0.25, -0.2) is 0 Å². The van der Waals surface area contributed by atoms with Crippen LogP contribution in [0.15, 0.2) is 36.7 Å². The van der Waals surface area contributed by atoms with E-state index in [0.717, 1.165) is 16.6 Å². The van der Waals surface area contributed by atoms with Crippen LogP contribution in [0.25, 0.3) is 22.0 Å². The van der Waals surface area contributed by atoms with Gasteiger partial charge in [0.1, 0.15) is 5.82 Å². The molecule has 4 nitrogen and oxygen atoms in total. The van der Waals surface area contributed by atoms with Crippen molar-refractivity contribution in [3.05, 3.63) is 36.7 Å². The first-order chi connectivity index (χ1) is 7.77. The number of fused-ring (bicyclic) bond motifs is 1. The van der Waals surface area contributed by atoms with Gasteiger partial charge in [-0.05, 0) is 11.5 Å². The molecule has 3 aromatic rings. The van der Waals surface area contributed by atoms with Gasteiger partial charge in [0, 0.05) is 24.4 Å². The number of nitrogens with two attached hydrogens (primary N) is 1. The lowest BCUT2D eigenvalue weighted by atomic mass is 10.1. The van der Waals surface area contributed by atoms with E-state index < -0.39 is 0 Å². The van der Waals surface area contributed by atoms with Gasteiger partial charge in [0.05, 0.1) is 11.7 Å². The summed E-state index contributed by atoms with van der Waals surface area (Å²) in [7, 11) is 1.84. The highest BCUT2D eigenvalue weighted by atomic mass is 15.3. The minimum Gasteiger partial charge on any atom is -0.383 e. The van der Waals surface area contributed by atoms with Crippen molar-refractivity contribution in [3.63, 3.8) is 0 Å². The van der Waals surface area contributed by atoms with Crippen LogP contribution in [0.5, 0.6) is 0 Å². The summed E-state index contributed by atoms with van der Waals surface area (Å²) < 4.78 is 1.68. The Morgan fingerprint density at radius 2 is 2.12 bits per heavy atom. The van der Waals surface area contributed by atoms with Gasteiger partial charge in [0.25, 0.3) is 0 Å². The number of H-pyrrole nitrogens is 1. The fourth-order valence-corrected chi connectivity index (χ4v) is 1.96. The normalized spacial score (nSPS) is 11.1. The summed E-state index contributed by atoms with van der Waals surface area (Å²) in [5.41, 5.74) is 9.14. The summed E-state index contributed by atoms with van der Waals surface area (Å²) in [6, 6.07) is 8.19. The van der Waals surface area contributed by atoms with E-state index in [1.807, 2.05) is 31.4 Å². The van der Waals surface area contributed by atoms with Crippen molar-refractivity contribution in [2.75, 3.05) is 5.73 Å². The number of para-hydroxylation sites is 1. The molecule has 0 atom stereocenters.